The van der Waals surface area contributed by atoms with Crippen LogP contribution in [0, 0.1) is 0 Å². The van der Waals surface area contributed by atoms with Crippen molar-refractivity contribution in [2.24, 2.45) is 0 Å². The number of carboxylic acid groups (broad SMARTS) is 1. The summed E-state index contributed by atoms with van der Waals surface area (Å²) in [5.74, 6) is -1.46. The second kappa shape index (κ2) is 6.84. The van der Waals surface area contributed by atoms with Crippen LogP contribution in [0.25, 0.3) is 0 Å². The van der Waals surface area contributed by atoms with Gasteiger partial charge in [0.15, 0.2) is 5.69 Å². The molecule has 2 N–H and O–H groups in total. The maximum atomic E-state index is 12.0. The van der Waals surface area contributed by atoms with Crippen molar-refractivity contribution in [1.29, 1.82) is 0 Å². The Bertz CT molecular complexity index is 694. The van der Waals surface area contributed by atoms with E-state index in [1.54, 1.807) is 0 Å². The molecule has 1 heterocycles. The zero-order chi connectivity index (χ0) is 16.1. The van der Waals surface area contributed by atoms with Gasteiger partial charge in [-0.1, -0.05) is 25.1 Å². The Hall–Kier alpha value is -2.70. The Balaban J connectivity index is 2.03. The van der Waals surface area contributed by atoms with Gasteiger partial charge in [0.1, 0.15) is 6.54 Å². The number of benzene rings is 1. The molecular formula is C15H18N4O3. The Morgan fingerprint density at radius 2 is 1.95 bits per heavy atom. The van der Waals surface area contributed by atoms with Gasteiger partial charge in [0.05, 0.1) is 6.20 Å². The van der Waals surface area contributed by atoms with Crippen molar-refractivity contribution in [2.75, 3.05) is 5.32 Å². The van der Waals surface area contributed by atoms with Gasteiger partial charge in [-0.15, -0.1) is 5.10 Å². The van der Waals surface area contributed by atoms with Crippen LogP contribution in [-0.2, 0) is 24.2 Å². The molecule has 0 atom stereocenters. The summed E-state index contributed by atoms with van der Waals surface area (Å²) in [5, 5.41) is 18.6. The molecule has 0 unspecified atom stereocenters. The van der Waals surface area contributed by atoms with Gasteiger partial charge in [-0.3, -0.25) is 4.79 Å². The van der Waals surface area contributed by atoms with Crippen LogP contribution < -0.4 is 5.32 Å². The van der Waals surface area contributed by atoms with E-state index < -0.39 is 5.97 Å². The number of rotatable bonds is 6. The number of aryl methyl sites for hydroxylation is 2. The minimum Gasteiger partial charge on any atom is -0.476 e. The molecule has 0 saturated carbocycles. The molecule has 0 aliphatic heterocycles. The molecule has 1 amide bonds. The first kappa shape index (κ1) is 15.7. The van der Waals surface area contributed by atoms with Crippen molar-refractivity contribution in [2.45, 2.75) is 33.2 Å². The molecule has 2 rings (SSSR count). The van der Waals surface area contributed by atoms with Gasteiger partial charge in [-0.2, -0.15) is 0 Å². The summed E-state index contributed by atoms with van der Waals surface area (Å²) in [5.41, 5.74) is 3.00. The van der Waals surface area contributed by atoms with E-state index in [-0.39, 0.29) is 18.1 Å². The number of amides is 1. The minimum atomic E-state index is -1.17. The van der Waals surface area contributed by atoms with Gasteiger partial charge in [-0.25, -0.2) is 9.48 Å². The highest BCUT2D eigenvalue weighted by Gasteiger charge is 2.11. The van der Waals surface area contributed by atoms with Crippen molar-refractivity contribution in [3.05, 3.63) is 41.2 Å². The van der Waals surface area contributed by atoms with E-state index in [4.69, 9.17) is 5.11 Å². The first-order chi connectivity index (χ1) is 10.5. The summed E-state index contributed by atoms with van der Waals surface area (Å²) in [7, 11) is 0. The smallest absolute Gasteiger partial charge is 0.358 e. The normalized spacial score (nSPS) is 10.5. The zero-order valence-electron chi connectivity index (χ0n) is 12.5. The lowest BCUT2D eigenvalue weighted by atomic mass is 10.0. The third-order valence-corrected chi connectivity index (χ3v) is 3.32. The van der Waals surface area contributed by atoms with E-state index in [0.717, 1.165) is 18.5 Å². The third-order valence-electron chi connectivity index (χ3n) is 3.32. The molecule has 0 fully saturated rings. The number of nitrogens with zero attached hydrogens (tertiary/aromatic N) is 3. The minimum absolute atomic E-state index is 0.0860. The Kier molecular flexibility index (Phi) is 4.88. The molecule has 0 spiro atoms. The summed E-state index contributed by atoms with van der Waals surface area (Å²) in [6.45, 7) is 4.08. The number of carbonyl (C=O) groups excluding carboxylic acids is 1. The first-order valence-electron chi connectivity index (χ1n) is 7.08. The number of aromatic carboxylic acids is 1. The van der Waals surface area contributed by atoms with Crippen LogP contribution in [0.5, 0.6) is 0 Å². The summed E-state index contributed by atoms with van der Waals surface area (Å²) < 4.78 is 1.19. The van der Waals surface area contributed by atoms with Crippen molar-refractivity contribution in [3.63, 3.8) is 0 Å². The maximum Gasteiger partial charge on any atom is 0.358 e. The van der Waals surface area contributed by atoms with Crippen molar-refractivity contribution in [3.8, 4) is 0 Å². The van der Waals surface area contributed by atoms with Crippen LogP contribution >= 0.6 is 0 Å². The first-order valence-corrected chi connectivity index (χ1v) is 7.08. The van der Waals surface area contributed by atoms with Gasteiger partial charge >= 0.3 is 5.97 Å². The van der Waals surface area contributed by atoms with Crippen LogP contribution in [-0.4, -0.2) is 32.0 Å². The molecule has 1 aromatic carbocycles. The second-order valence-corrected chi connectivity index (χ2v) is 4.85. The second-order valence-electron chi connectivity index (χ2n) is 4.85. The van der Waals surface area contributed by atoms with E-state index in [9.17, 15) is 9.59 Å². The van der Waals surface area contributed by atoms with Gasteiger partial charge in [0, 0.05) is 5.69 Å². The molecule has 0 aliphatic carbocycles. The maximum absolute atomic E-state index is 12.0. The summed E-state index contributed by atoms with van der Waals surface area (Å²) in [6, 6.07) is 5.83. The van der Waals surface area contributed by atoms with Crippen molar-refractivity contribution < 1.29 is 14.7 Å². The average Bonchev–Trinajstić information content (AvgIpc) is 2.95. The van der Waals surface area contributed by atoms with Gasteiger partial charge < -0.3 is 10.4 Å². The Morgan fingerprint density at radius 3 is 2.55 bits per heavy atom. The molecular weight excluding hydrogens is 284 g/mol. The average molecular weight is 302 g/mol. The van der Waals surface area contributed by atoms with Gasteiger partial charge in [0.2, 0.25) is 5.91 Å². The molecule has 116 valence electrons. The number of nitrogens with one attached hydrogen (secondary N) is 1. The van der Waals surface area contributed by atoms with Crippen LogP contribution in [0.4, 0.5) is 5.69 Å². The lowest BCUT2D eigenvalue weighted by molar-refractivity contribution is -0.116. The fraction of sp³-hybridized carbons (Fsp3) is 0.333. The molecule has 7 nitrogen and oxygen atoms in total. The predicted octanol–water partition coefficient (Wildman–Crippen LogP) is 1.74. The number of hydrogen-bond acceptors (Lipinski definition) is 4. The number of hydrogen-bond donors (Lipinski definition) is 2. The highest BCUT2D eigenvalue weighted by molar-refractivity contribution is 5.90. The number of carbonyl (C=O) groups is 2. The van der Waals surface area contributed by atoms with E-state index in [2.05, 4.69) is 29.5 Å². The number of carboxylic acids is 1. The largest absolute Gasteiger partial charge is 0.476 e. The molecule has 0 aliphatic rings. The Labute approximate surface area is 128 Å². The topological polar surface area (TPSA) is 97.1 Å². The predicted molar refractivity (Wildman–Crippen MR) is 80.8 cm³/mol. The van der Waals surface area contributed by atoms with Crippen molar-refractivity contribution >= 4 is 17.6 Å². The lowest BCUT2D eigenvalue weighted by Crippen LogP contribution is -2.19. The number of anilines is 1. The van der Waals surface area contributed by atoms with E-state index >= 15 is 0 Å². The van der Waals surface area contributed by atoms with Crippen LogP contribution in [0.15, 0.2) is 24.4 Å². The quantitative estimate of drug-likeness (QED) is 0.847. The molecule has 1 aromatic heterocycles. The molecule has 2 aromatic rings. The Morgan fingerprint density at radius 1 is 1.23 bits per heavy atom. The van der Waals surface area contributed by atoms with Gasteiger partial charge in [-0.05, 0) is 36.1 Å². The fourth-order valence-corrected chi connectivity index (χ4v) is 2.20. The molecule has 0 saturated heterocycles. The number of aromatic nitrogens is 3. The highest BCUT2D eigenvalue weighted by atomic mass is 16.4. The standard InChI is InChI=1S/C15H18N4O3/c1-3-10-5-6-12(7-11(10)4-2)16-14(20)9-19-8-13(15(21)22)17-18-19/h5-8H,3-4,9H2,1-2H3,(H,16,20)(H,21,22). The van der Waals surface area contributed by atoms with Gasteiger partial charge in [0.25, 0.3) is 0 Å². The zero-order valence-corrected chi connectivity index (χ0v) is 12.5. The molecule has 0 radical (unpaired) electrons. The molecule has 22 heavy (non-hydrogen) atoms. The summed E-state index contributed by atoms with van der Waals surface area (Å²) in [6.07, 6.45) is 3.08. The van der Waals surface area contributed by atoms with E-state index in [1.807, 2.05) is 18.2 Å². The highest BCUT2D eigenvalue weighted by Crippen LogP contribution is 2.17. The fourth-order valence-electron chi connectivity index (χ4n) is 2.20. The summed E-state index contributed by atoms with van der Waals surface area (Å²) >= 11 is 0. The third kappa shape index (κ3) is 3.69. The van der Waals surface area contributed by atoms with Crippen molar-refractivity contribution in [1.82, 2.24) is 15.0 Å². The van der Waals surface area contributed by atoms with Crippen LogP contribution in [0.3, 0.4) is 0 Å². The SMILES string of the molecule is CCc1ccc(NC(=O)Cn2cc(C(=O)O)nn2)cc1CC. The molecule has 0 bridgehead atoms. The van der Waals surface area contributed by atoms with Crippen LogP contribution in [0.2, 0.25) is 0 Å². The van der Waals surface area contributed by atoms with E-state index in [0.29, 0.717) is 0 Å². The van der Waals surface area contributed by atoms with Crippen LogP contribution in [0.1, 0.15) is 35.5 Å². The molecule has 7 heteroatoms. The lowest BCUT2D eigenvalue weighted by Gasteiger charge is -2.10. The van der Waals surface area contributed by atoms with E-state index in [1.165, 1.54) is 22.0 Å². The monoisotopic (exact) mass is 302 g/mol. The summed E-state index contributed by atoms with van der Waals surface area (Å²) in [4.78, 5) is 22.7.